The number of anilines is 1. The van der Waals surface area contributed by atoms with Crippen molar-refractivity contribution >= 4 is 5.69 Å². The van der Waals surface area contributed by atoms with Crippen LogP contribution in [0.3, 0.4) is 0 Å². The molecular weight excluding hydrogens is 114 g/mol. The molecule has 1 radical (unpaired) electrons. The van der Waals surface area contributed by atoms with Crippen LogP contribution in [0.25, 0.3) is 0 Å². The maximum Gasteiger partial charge on any atom is 0.107 e. The number of benzene rings is 1. The Morgan fingerprint density at radius 1 is 1.44 bits per heavy atom. The third-order valence-electron chi connectivity index (χ3n) is 1.12. The van der Waals surface area contributed by atoms with Crippen molar-refractivity contribution in [3.05, 3.63) is 29.8 Å². The average molecular weight is 122 g/mol. The van der Waals surface area contributed by atoms with Gasteiger partial charge in [0.05, 0.1) is 0 Å². The van der Waals surface area contributed by atoms with Gasteiger partial charge in [0.15, 0.2) is 0 Å². The van der Waals surface area contributed by atoms with E-state index in [1.807, 2.05) is 0 Å². The van der Waals surface area contributed by atoms with E-state index in [-0.39, 0.29) is 6.61 Å². The Morgan fingerprint density at radius 3 is 2.67 bits per heavy atom. The van der Waals surface area contributed by atoms with Gasteiger partial charge >= 0.3 is 0 Å². The highest BCUT2D eigenvalue weighted by Crippen LogP contribution is 2.05. The first-order valence-electron chi connectivity index (χ1n) is 2.75. The van der Waals surface area contributed by atoms with Crippen LogP contribution in [0.2, 0.25) is 0 Å². The van der Waals surface area contributed by atoms with E-state index in [1.165, 1.54) is 0 Å². The molecule has 0 aromatic heterocycles. The van der Waals surface area contributed by atoms with E-state index in [9.17, 15) is 5.11 Å². The molecule has 0 aliphatic rings. The largest absolute Gasteiger partial charge is 0.399 e. The Morgan fingerprint density at radius 2 is 2.22 bits per heavy atom. The molecule has 0 bridgehead atoms. The van der Waals surface area contributed by atoms with E-state index in [1.54, 1.807) is 24.3 Å². The molecule has 0 amide bonds. The number of nitrogen functional groups attached to an aromatic ring is 1. The fraction of sp³-hybridized carbons (Fsp3) is 0.143. The summed E-state index contributed by atoms with van der Waals surface area (Å²) in [4.78, 5) is 0. The minimum absolute atomic E-state index is 0.189. The molecule has 0 saturated heterocycles. The molecule has 1 aromatic rings. The summed E-state index contributed by atoms with van der Waals surface area (Å²) in [5.74, 6) is 0. The van der Waals surface area contributed by atoms with E-state index in [0.717, 1.165) is 5.56 Å². The normalized spacial score (nSPS) is 9.44. The highest BCUT2D eigenvalue weighted by atomic mass is 16.3. The van der Waals surface area contributed by atoms with Gasteiger partial charge in [0.25, 0.3) is 0 Å². The first-order valence-corrected chi connectivity index (χ1v) is 2.75. The Labute approximate surface area is 53.9 Å². The Kier molecular flexibility index (Phi) is 1.70. The molecule has 9 heavy (non-hydrogen) atoms. The second-order valence-electron chi connectivity index (χ2n) is 1.89. The Hall–Kier alpha value is -1.02. The van der Waals surface area contributed by atoms with Gasteiger partial charge in [-0.05, 0) is 17.7 Å². The molecular formula is C7H8NO. The number of hydrogen-bond donors (Lipinski definition) is 1. The summed E-state index contributed by atoms with van der Waals surface area (Å²) in [6, 6.07) is 7.00. The van der Waals surface area contributed by atoms with E-state index in [4.69, 9.17) is 5.73 Å². The van der Waals surface area contributed by atoms with Crippen molar-refractivity contribution in [2.24, 2.45) is 0 Å². The molecule has 0 heterocycles. The van der Waals surface area contributed by atoms with E-state index in [0.29, 0.717) is 5.69 Å². The second kappa shape index (κ2) is 2.51. The average Bonchev–Trinajstić information content (AvgIpc) is 1.88. The lowest BCUT2D eigenvalue weighted by Gasteiger charge is -1.93. The van der Waals surface area contributed by atoms with Crippen LogP contribution < -0.4 is 5.73 Å². The van der Waals surface area contributed by atoms with Gasteiger partial charge in [-0.25, -0.2) is 5.11 Å². The molecule has 1 rings (SSSR count). The summed E-state index contributed by atoms with van der Waals surface area (Å²) in [5, 5.41) is 10.2. The molecule has 0 aliphatic carbocycles. The zero-order valence-corrected chi connectivity index (χ0v) is 5.00. The Balaban J connectivity index is 2.94. The highest BCUT2D eigenvalue weighted by Gasteiger charge is 1.88. The molecule has 2 nitrogen and oxygen atoms in total. The van der Waals surface area contributed by atoms with Gasteiger partial charge < -0.3 is 5.73 Å². The smallest absolute Gasteiger partial charge is 0.107 e. The van der Waals surface area contributed by atoms with Crippen molar-refractivity contribution < 1.29 is 5.11 Å². The lowest BCUT2D eigenvalue weighted by molar-refractivity contribution is 0.177. The molecule has 0 atom stereocenters. The van der Waals surface area contributed by atoms with Crippen molar-refractivity contribution in [3.8, 4) is 0 Å². The maximum absolute atomic E-state index is 10.2. The Bertz CT molecular complexity index is 198. The molecule has 2 heteroatoms. The fourth-order valence-corrected chi connectivity index (χ4v) is 0.683. The molecule has 0 aliphatic heterocycles. The third-order valence-corrected chi connectivity index (χ3v) is 1.12. The van der Waals surface area contributed by atoms with Crippen LogP contribution in [-0.2, 0) is 11.7 Å². The van der Waals surface area contributed by atoms with Crippen LogP contribution in [0.1, 0.15) is 5.56 Å². The van der Waals surface area contributed by atoms with Gasteiger partial charge in [-0.15, -0.1) is 0 Å². The summed E-state index contributed by atoms with van der Waals surface area (Å²) in [6.07, 6.45) is 0. The second-order valence-corrected chi connectivity index (χ2v) is 1.89. The van der Waals surface area contributed by atoms with Crippen LogP contribution in [0.15, 0.2) is 24.3 Å². The maximum atomic E-state index is 10.2. The molecule has 1 aromatic carbocycles. The molecule has 0 saturated carbocycles. The van der Waals surface area contributed by atoms with Crippen LogP contribution in [0.5, 0.6) is 0 Å². The van der Waals surface area contributed by atoms with E-state index >= 15 is 0 Å². The quantitative estimate of drug-likeness (QED) is 0.559. The van der Waals surface area contributed by atoms with Gasteiger partial charge in [0, 0.05) is 5.69 Å². The van der Waals surface area contributed by atoms with Crippen molar-refractivity contribution in [2.45, 2.75) is 6.61 Å². The predicted molar refractivity (Wildman–Crippen MR) is 35.2 cm³/mol. The fourth-order valence-electron chi connectivity index (χ4n) is 0.683. The van der Waals surface area contributed by atoms with Crippen molar-refractivity contribution in [1.82, 2.24) is 0 Å². The molecule has 0 spiro atoms. The molecule has 0 unspecified atom stereocenters. The van der Waals surface area contributed by atoms with Crippen molar-refractivity contribution in [2.75, 3.05) is 5.73 Å². The molecule has 0 fully saturated rings. The van der Waals surface area contributed by atoms with Gasteiger partial charge in [0.1, 0.15) is 6.61 Å². The SMILES string of the molecule is Nc1cccc(C[O])c1. The number of hydrogen-bond acceptors (Lipinski definition) is 1. The third kappa shape index (κ3) is 1.44. The van der Waals surface area contributed by atoms with E-state index < -0.39 is 0 Å². The van der Waals surface area contributed by atoms with Gasteiger partial charge in [-0.1, -0.05) is 12.1 Å². The first kappa shape index (κ1) is 6.11. The van der Waals surface area contributed by atoms with Crippen LogP contribution >= 0.6 is 0 Å². The summed E-state index contributed by atoms with van der Waals surface area (Å²) in [7, 11) is 0. The zero-order valence-electron chi connectivity index (χ0n) is 5.00. The minimum atomic E-state index is -0.189. The van der Waals surface area contributed by atoms with Crippen LogP contribution in [0, 0.1) is 0 Å². The predicted octanol–water partition coefficient (Wildman–Crippen LogP) is 1.20. The zero-order chi connectivity index (χ0) is 6.69. The minimum Gasteiger partial charge on any atom is -0.399 e. The monoisotopic (exact) mass is 122 g/mol. The number of rotatable bonds is 1. The first-order chi connectivity index (χ1) is 4.33. The molecule has 47 valence electrons. The standard InChI is InChI=1S/C7H8NO/c8-7-3-1-2-6(4-7)5-9/h1-4H,5,8H2. The van der Waals surface area contributed by atoms with Crippen molar-refractivity contribution in [3.63, 3.8) is 0 Å². The van der Waals surface area contributed by atoms with Crippen LogP contribution in [-0.4, -0.2) is 0 Å². The van der Waals surface area contributed by atoms with Gasteiger partial charge in [-0.2, -0.15) is 0 Å². The lowest BCUT2D eigenvalue weighted by Crippen LogP contribution is -1.86. The van der Waals surface area contributed by atoms with Gasteiger partial charge in [0.2, 0.25) is 0 Å². The topological polar surface area (TPSA) is 45.9 Å². The molecule has 2 N–H and O–H groups in total. The summed E-state index contributed by atoms with van der Waals surface area (Å²) >= 11 is 0. The van der Waals surface area contributed by atoms with Gasteiger partial charge in [-0.3, -0.25) is 0 Å². The summed E-state index contributed by atoms with van der Waals surface area (Å²) in [6.45, 7) is -0.189. The summed E-state index contributed by atoms with van der Waals surface area (Å²) in [5.41, 5.74) is 6.80. The summed E-state index contributed by atoms with van der Waals surface area (Å²) < 4.78 is 0. The van der Waals surface area contributed by atoms with Crippen molar-refractivity contribution in [1.29, 1.82) is 0 Å². The van der Waals surface area contributed by atoms with E-state index in [2.05, 4.69) is 0 Å². The lowest BCUT2D eigenvalue weighted by atomic mass is 10.2. The highest BCUT2D eigenvalue weighted by molar-refractivity contribution is 5.40. The number of nitrogens with two attached hydrogens (primary N) is 1. The van der Waals surface area contributed by atoms with Crippen LogP contribution in [0.4, 0.5) is 5.69 Å².